The van der Waals surface area contributed by atoms with Crippen LogP contribution in [0.25, 0.3) is 22.3 Å². The molecule has 6 nitrogen and oxygen atoms in total. The van der Waals surface area contributed by atoms with E-state index < -0.39 is 0 Å². The van der Waals surface area contributed by atoms with Gasteiger partial charge in [0.1, 0.15) is 0 Å². The number of carbonyl (C=O) groups is 1. The zero-order valence-corrected chi connectivity index (χ0v) is 29.7. The Bertz CT molecular complexity index is 2120. The number of unbranched alkanes of at least 4 members (excludes halogenated alkanes) is 6. The summed E-state index contributed by atoms with van der Waals surface area (Å²) >= 11 is 0. The monoisotopic (exact) mass is 656 g/mol. The molecule has 0 radical (unpaired) electrons. The second-order valence-electron chi connectivity index (χ2n) is 13.4. The van der Waals surface area contributed by atoms with Gasteiger partial charge in [-0.05, 0) is 121 Å². The highest BCUT2D eigenvalue weighted by molar-refractivity contribution is 5.90. The third-order valence-electron chi connectivity index (χ3n) is 9.92. The van der Waals surface area contributed by atoms with E-state index in [1.165, 1.54) is 84.4 Å². The number of esters is 1. The van der Waals surface area contributed by atoms with Crippen molar-refractivity contribution in [2.24, 2.45) is 0 Å². The van der Waals surface area contributed by atoms with Crippen molar-refractivity contribution < 1.29 is 9.53 Å². The molecule has 0 fully saturated rings. The number of hydrogen-bond acceptors (Lipinski definition) is 2. The predicted octanol–water partition coefficient (Wildman–Crippen LogP) is 7.68. The number of benzene rings is 1. The summed E-state index contributed by atoms with van der Waals surface area (Å²) in [6.45, 7) is 6.79. The lowest BCUT2D eigenvalue weighted by atomic mass is 10.0. The van der Waals surface area contributed by atoms with E-state index >= 15 is 0 Å². The van der Waals surface area contributed by atoms with Crippen molar-refractivity contribution in [3.05, 3.63) is 128 Å². The minimum atomic E-state index is -0.335. The van der Waals surface area contributed by atoms with Gasteiger partial charge in [0, 0.05) is 49.7 Å². The zero-order valence-electron chi connectivity index (χ0n) is 29.7. The molecule has 0 atom stereocenters. The van der Waals surface area contributed by atoms with E-state index in [-0.39, 0.29) is 5.97 Å². The van der Waals surface area contributed by atoms with E-state index in [4.69, 9.17) is 4.74 Å². The Labute approximate surface area is 290 Å². The number of hydrogen-bond donors (Lipinski definition) is 4. The topological polar surface area (TPSA) is 89.5 Å². The van der Waals surface area contributed by atoms with Crippen molar-refractivity contribution in [2.45, 2.75) is 97.8 Å². The summed E-state index contributed by atoms with van der Waals surface area (Å²) in [6, 6.07) is 25.7. The summed E-state index contributed by atoms with van der Waals surface area (Å²) in [6.07, 6.45) is 13.6. The summed E-state index contributed by atoms with van der Waals surface area (Å²) in [5, 5.41) is 4.52. The Morgan fingerprint density at radius 2 is 0.898 bits per heavy atom. The number of fused-ring (bicyclic) bond motifs is 8. The average Bonchev–Trinajstić information content (AvgIpc) is 3.96. The number of rotatable bonds is 14. The van der Waals surface area contributed by atoms with Gasteiger partial charge in [-0.2, -0.15) is 0 Å². The fourth-order valence-electron chi connectivity index (χ4n) is 7.17. The lowest BCUT2D eigenvalue weighted by molar-refractivity contribution is 0.0600. The molecule has 1 aromatic carbocycles. The highest BCUT2D eigenvalue weighted by Gasteiger charge is 2.17. The quantitative estimate of drug-likeness (QED) is 0.0730. The predicted molar refractivity (Wildman–Crippen MR) is 201 cm³/mol. The van der Waals surface area contributed by atoms with Gasteiger partial charge < -0.3 is 24.7 Å². The minimum absolute atomic E-state index is 0.335. The van der Waals surface area contributed by atoms with Crippen molar-refractivity contribution in [1.82, 2.24) is 19.9 Å². The molecule has 0 saturated carbocycles. The number of methoxy groups -OCH3 is 1. The SMILES string of the molecule is CCCCCC1=c2ccc([nH]2)=C(CCCCC)c2ccc([nH]2)C(c2ccc(C(=O)OC)cc2)=c2ccc([nH]2)=C(CCCCC)c2ccc1[nH]2. The molecule has 0 unspecified atom stereocenters. The molecule has 1 aliphatic rings. The van der Waals surface area contributed by atoms with Crippen molar-refractivity contribution in [3.8, 4) is 0 Å². The van der Waals surface area contributed by atoms with Crippen LogP contribution in [0.15, 0.2) is 72.8 Å². The van der Waals surface area contributed by atoms with Gasteiger partial charge in [0.2, 0.25) is 0 Å². The first-order chi connectivity index (χ1) is 24.0. The summed E-state index contributed by atoms with van der Waals surface area (Å²) in [4.78, 5) is 27.8. The van der Waals surface area contributed by atoms with E-state index in [1.54, 1.807) is 0 Å². The van der Waals surface area contributed by atoms with Gasteiger partial charge in [-0.25, -0.2) is 4.79 Å². The number of carbonyl (C=O) groups excluding carboxylic acids is 1. The minimum Gasteiger partial charge on any atom is -0.465 e. The molecule has 8 bridgehead atoms. The fourth-order valence-corrected chi connectivity index (χ4v) is 7.17. The van der Waals surface area contributed by atoms with Gasteiger partial charge in [0.25, 0.3) is 0 Å². The van der Waals surface area contributed by atoms with Crippen LogP contribution >= 0.6 is 0 Å². The second-order valence-corrected chi connectivity index (χ2v) is 13.4. The zero-order chi connectivity index (χ0) is 34.2. The highest BCUT2D eigenvalue weighted by Crippen LogP contribution is 2.26. The molecule has 6 heteroatoms. The van der Waals surface area contributed by atoms with Gasteiger partial charge in [0.05, 0.1) is 12.7 Å². The van der Waals surface area contributed by atoms with Crippen LogP contribution in [0.4, 0.5) is 0 Å². The number of ether oxygens (including phenoxy) is 1. The Balaban J connectivity index is 1.64. The number of nitrogens with one attached hydrogen (secondary N) is 4. The first-order valence-electron chi connectivity index (χ1n) is 18.5. The van der Waals surface area contributed by atoms with Crippen LogP contribution in [-0.2, 0) is 4.74 Å². The largest absolute Gasteiger partial charge is 0.465 e. The van der Waals surface area contributed by atoms with Gasteiger partial charge in [0.15, 0.2) is 0 Å². The molecule has 4 aromatic heterocycles. The smallest absolute Gasteiger partial charge is 0.337 e. The van der Waals surface area contributed by atoms with Crippen molar-refractivity contribution in [1.29, 1.82) is 0 Å². The normalized spacial score (nSPS) is 13.0. The molecule has 4 N–H and O–H groups in total. The molecular formula is C43H52N4O2. The standard InChI is InChI=1S/C43H52N4O2/c1-5-8-11-14-31-34-21-23-36(44-34)32(15-12-9-6-2)38-25-27-40(46-38)42(29-17-19-30(20-18-29)43(48)49-4)41-28-26-39(47-41)33(16-13-10-7-3)37-24-22-35(31)45-37/h17-28,44-47H,5-16H2,1-4H3. The first kappa shape index (κ1) is 34.2. The maximum absolute atomic E-state index is 12.3. The third kappa shape index (κ3) is 7.64. The highest BCUT2D eigenvalue weighted by atomic mass is 16.5. The first-order valence-corrected chi connectivity index (χ1v) is 18.5. The van der Waals surface area contributed by atoms with Crippen LogP contribution in [-0.4, -0.2) is 33.0 Å². The summed E-state index contributed by atoms with van der Waals surface area (Å²) in [5.74, 6) is -0.335. The van der Waals surface area contributed by atoms with Gasteiger partial charge in [-0.3, -0.25) is 0 Å². The summed E-state index contributed by atoms with van der Waals surface area (Å²) in [7, 11) is 1.42. The van der Waals surface area contributed by atoms with Gasteiger partial charge in [-0.1, -0.05) is 71.4 Å². The molecule has 0 amide bonds. The molecule has 0 saturated heterocycles. The number of aromatic nitrogens is 4. The molecule has 0 spiro atoms. The van der Waals surface area contributed by atoms with Crippen LogP contribution in [0, 0.1) is 0 Å². The van der Waals surface area contributed by atoms with Crippen molar-refractivity contribution in [3.63, 3.8) is 0 Å². The molecular weight excluding hydrogens is 604 g/mol. The Morgan fingerprint density at radius 1 is 0.490 bits per heavy atom. The molecule has 49 heavy (non-hydrogen) atoms. The fraction of sp³-hybridized carbons (Fsp3) is 0.372. The van der Waals surface area contributed by atoms with Crippen molar-refractivity contribution >= 4 is 28.3 Å². The van der Waals surface area contributed by atoms with Crippen LogP contribution in [0.1, 0.15) is 137 Å². The second kappa shape index (κ2) is 16.1. The average molecular weight is 657 g/mol. The van der Waals surface area contributed by atoms with Crippen LogP contribution < -0.4 is 21.4 Å². The van der Waals surface area contributed by atoms with Crippen LogP contribution in [0.5, 0.6) is 0 Å². The Hall–Kier alpha value is -4.71. The number of aromatic amines is 4. The van der Waals surface area contributed by atoms with E-state index in [1.807, 2.05) is 24.3 Å². The third-order valence-corrected chi connectivity index (χ3v) is 9.92. The molecule has 5 aromatic rings. The molecule has 1 aliphatic heterocycles. The van der Waals surface area contributed by atoms with Gasteiger partial charge >= 0.3 is 5.97 Å². The molecule has 256 valence electrons. The molecule has 6 rings (SSSR count). The lowest BCUT2D eigenvalue weighted by Gasteiger charge is -2.09. The summed E-state index contributed by atoms with van der Waals surface area (Å²) in [5.41, 5.74) is 11.1. The molecule has 5 heterocycles. The van der Waals surface area contributed by atoms with E-state index in [9.17, 15) is 4.79 Å². The Morgan fingerprint density at radius 3 is 1.35 bits per heavy atom. The van der Waals surface area contributed by atoms with Crippen molar-refractivity contribution in [2.75, 3.05) is 7.11 Å². The van der Waals surface area contributed by atoms with Gasteiger partial charge in [-0.15, -0.1) is 0 Å². The maximum Gasteiger partial charge on any atom is 0.337 e. The Kier molecular flexibility index (Phi) is 11.2. The lowest BCUT2D eigenvalue weighted by Crippen LogP contribution is -2.18. The number of H-pyrrole nitrogens is 4. The van der Waals surface area contributed by atoms with E-state index in [0.29, 0.717) is 5.56 Å². The van der Waals surface area contributed by atoms with E-state index in [0.717, 1.165) is 71.7 Å². The summed E-state index contributed by atoms with van der Waals surface area (Å²) < 4.78 is 4.99. The van der Waals surface area contributed by atoms with Crippen LogP contribution in [0.2, 0.25) is 0 Å². The van der Waals surface area contributed by atoms with Crippen LogP contribution in [0.3, 0.4) is 0 Å². The maximum atomic E-state index is 12.3. The van der Waals surface area contributed by atoms with E-state index in [2.05, 4.69) is 89.2 Å². The molecule has 0 aliphatic carbocycles.